The van der Waals surface area contributed by atoms with Crippen molar-refractivity contribution in [2.24, 2.45) is 11.8 Å². The van der Waals surface area contributed by atoms with Crippen molar-refractivity contribution in [2.75, 3.05) is 13.1 Å². The number of piperidine rings is 1. The summed E-state index contributed by atoms with van der Waals surface area (Å²) < 4.78 is 1.86. The number of amides is 1. The molecule has 144 valence electrons. The van der Waals surface area contributed by atoms with Crippen LogP contribution in [0.25, 0.3) is 0 Å². The molecule has 3 atom stereocenters. The predicted molar refractivity (Wildman–Crippen MR) is 105 cm³/mol. The molecule has 1 amide bonds. The molecule has 2 fully saturated rings. The van der Waals surface area contributed by atoms with Gasteiger partial charge in [0, 0.05) is 30.7 Å². The zero-order valence-electron chi connectivity index (χ0n) is 15.5. The van der Waals surface area contributed by atoms with Gasteiger partial charge in [-0.3, -0.25) is 9.59 Å². The Balaban J connectivity index is 0.00000196. The van der Waals surface area contributed by atoms with E-state index >= 15 is 0 Å². The van der Waals surface area contributed by atoms with Crippen molar-refractivity contribution >= 4 is 18.3 Å². The molecule has 2 bridgehead atoms. The summed E-state index contributed by atoms with van der Waals surface area (Å²) in [5.41, 5.74) is 1.28. The minimum absolute atomic E-state index is 0. The zero-order valence-corrected chi connectivity index (χ0v) is 16.3. The molecule has 3 heterocycles. The molecule has 0 aromatic carbocycles. The Labute approximate surface area is 161 Å². The van der Waals surface area contributed by atoms with Gasteiger partial charge in [-0.25, -0.2) is 0 Å². The Bertz CT molecular complexity index is 711. The van der Waals surface area contributed by atoms with Gasteiger partial charge in [0.1, 0.15) is 5.56 Å². The molecule has 2 aliphatic heterocycles. The topological polar surface area (TPSA) is 63.1 Å². The normalized spacial score (nSPS) is 26.3. The van der Waals surface area contributed by atoms with E-state index in [-0.39, 0.29) is 29.9 Å². The number of carbonyl (C=O) groups excluding carboxylic acids is 1. The molecule has 2 N–H and O–H groups in total. The number of hydrogen-bond donors (Lipinski definition) is 2. The van der Waals surface area contributed by atoms with E-state index in [2.05, 4.69) is 17.6 Å². The third kappa shape index (κ3) is 3.70. The van der Waals surface area contributed by atoms with Crippen LogP contribution in [0.5, 0.6) is 0 Å². The highest BCUT2D eigenvalue weighted by Gasteiger charge is 2.32. The van der Waals surface area contributed by atoms with E-state index < -0.39 is 0 Å². The summed E-state index contributed by atoms with van der Waals surface area (Å²) in [6, 6.07) is 3.87. The summed E-state index contributed by atoms with van der Waals surface area (Å²) in [5.74, 6) is 1.25. The van der Waals surface area contributed by atoms with Crippen LogP contribution in [0, 0.1) is 11.8 Å². The minimum Gasteiger partial charge on any atom is -0.349 e. The van der Waals surface area contributed by atoms with Crippen LogP contribution >= 0.6 is 12.4 Å². The van der Waals surface area contributed by atoms with E-state index in [0.717, 1.165) is 31.7 Å². The van der Waals surface area contributed by atoms with Gasteiger partial charge in [0.2, 0.25) is 0 Å². The fourth-order valence-corrected chi connectivity index (χ4v) is 5.00. The standard InChI is InChI=1S/C20H29N3O2.ClH/c1-13(15-5-3-2-4-6-15)22-19(24)17-7-8-18-16-9-14(10-21-11-16)12-23(18)20(17)25;/h7-8,13-16,21H,2-6,9-12H2,1H3,(H,22,24);1H/t13-,14-,16+;/m0./s1. The molecule has 5 nitrogen and oxygen atoms in total. The average Bonchev–Trinajstić information content (AvgIpc) is 2.63. The summed E-state index contributed by atoms with van der Waals surface area (Å²) in [5, 5.41) is 6.55. The predicted octanol–water partition coefficient (Wildman–Crippen LogP) is 2.68. The number of aromatic nitrogens is 1. The number of halogens is 1. The molecule has 0 unspecified atom stereocenters. The Morgan fingerprint density at radius 1 is 1.23 bits per heavy atom. The molecule has 1 aliphatic carbocycles. The van der Waals surface area contributed by atoms with Crippen molar-refractivity contribution in [2.45, 2.75) is 64.0 Å². The number of nitrogens with one attached hydrogen (secondary N) is 2. The summed E-state index contributed by atoms with van der Waals surface area (Å²) in [7, 11) is 0. The van der Waals surface area contributed by atoms with Crippen molar-refractivity contribution in [3.05, 3.63) is 33.7 Å². The lowest BCUT2D eigenvalue weighted by molar-refractivity contribution is 0.0916. The summed E-state index contributed by atoms with van der Waals surface area (Å²) >= 11 is 0. The molecule has 1 aromatic rings. The van der Waals surface area contributed by atoms with Gasteiger partial charge in [0.05, 0.1) is 0 Å². The fourth-order valence-electron chi connectivity index (χ4n) is 5.00. The Kier molecular flexibility index (Phi) is 6.08. The summed E-state index contributed by atoms with van der Waals surface area (Å²) in [4.78, 5) is 25.6. The van der Waals surface area contributed by atoms with Gasteiger partial charge in [0.25, 0.3) is 11.5 Å². The maximum atomic E-state index is 12.9. The van der Waals surface area contributed by atoms with Gasteiger partial charge in [-0.2, -0.15) is 0 Å². The maximum absolute atomic E-state index is 12.9. The van der Waals surface area contributed by atoms with E-state index in [1.807, 2.05) is 10.6 Å². The van der Waals surface area contributed by atoms with Crippen molar-refractivity contribution < 1.29 is 4.79 Å². The Hall–Kier alpha value is -1.33. The first-order chi connectivity index (χ1) is 12.1. The van der Waals surface area contributed by atoms with E-state index in [0.29, 0.717) is 23.3 Å². The molecule has 26 heavy (non-hydrogen) atoms. The van der Waals surface area contributed by atoms with Crippen molar-refractivity contribution in [1.82, 2.24) is 15.2 Å². The lowest BCUT2D eigenvalue weighted by atomic mass is 9.84. The number of fused-ring (bicyclic) bond motifs is 4. The highest BCUT2D eigenvalue weighted by atomic mass is 35.5. The largest absolute Gasteiger partial charge is 0.349 e. The quantitative estimate of drug-likeness (QED) is 0.848. The summed E-state index contributed by atoms with van der Waals surface area (Å²) in [6.45, 7) is 4.72. The average molecular weight is 380 g/mol. The van der Waals surface area contributed by atoms with Crippen LogP contribution in [0.2, 0.25) is 0 Å². The number of carbonyl (C=O) groups is 1. The summed E-state index contributed by atoms with van der Waals surface area (Å²) in [6.07, 6.45) is 7.32. The van der Waals surface area contributed by atoms with Gasteiger partial charge < -0.3 is 15.2 Å². The van der Waals surface area contributed by atoms with Crippen LogP contribution in [-0.2, 0) is 6.54 Å². The van der Waals surface area contributed by atoms with Crippen LogP contribution in [0.15, 0.2) is 16.9 Å². The van der Waals surface area contributed by atoms with E-state index in [9.17, 15) is 9.59 Å². The third-order valence-electron chi connectivity index (χ3n) is 6.47. The maximum Gasteiger partial charge on any atom is 0.263 e. The van der Waals surface area contributed by atoms with Gasteiger partial charge in [-0.15, -0.1) is 12.4 Å². The third-order valence-corrected chi connectivity index (χ3v) is 6.47. The van der Waals surface area contributed by atoms with Crippen molar-refractivity contribution in [3.8, 4) is 0 Å². The number of pyridine rings is 1. The zero-order chi connectivity index (χ0) is 17.4. The Morgan fingerprint density at radius 2 is 2.00 bits per heavy atom. The molecule has 1 saturated heterocycles. The fraction of sp³-hybridized carbons (Fsp3) is 0.700. The van der Waals surface area contributed by atoms with E-state index in [1.165, 1.54) is 32.1 Å². The van der Waals surface area contributed by atoms with E-state index in [4.69, 9.17) is 0 Å². The number of rotatable bonds is 3. The second kappa shape index (κ2) is 8.13. The Morgan fingerprint density at radius 3 is 2.77 bits per heavy atom. The van der Waals surface area contributed by atoms with Crippen LogP contribution < -0.4 is 16.2 Å². The molecular formula is C20H30ClN3O2. The highest BCUT2D eigenvalue weighted by Crippen LogP contribution is 2.31. The molecule has 0 radical (unpaired) electrons. The molecule has 6 heteroatoms. The second-order valence-corrected chi connectivity index (χ2v) is 8.20. The lowest BCUT2D eigenvalue weighted by Crippen LogP contribution is -2.47. The first-order valence-corrected chi connectivity index (χ1v) is 9.89. The van der Waals surface area contributed by atoms with Crippen LogP contribution in [0.1, 0.15) is 67.4 Å². The molecule has 1 saturated carbocycles. The molecule has 4 rings (SSSR count). The monoisotopic (exact) mass is 379 g/mol. The molecule has 3 aliphatic rings. The van der Waals surface area contributed by atoms with Gasteiger partial charge in [0.15, 0.2) is 0 Å². The van der Waals surface area contributed by atoms with Crippen molar-refractivity contribution in [1.29, 1.82) is 0 Å². The molecular weight excluding hydrogens is 350 g/mol. The van der Waals surface area contributed by atoms with Crippen molar-refractivity contribution in [3.63, 3.8) is 0 Å². The molecule has 0 spiro atoms. The minimum atomic E-state index is -0.202. The number of nitrogens with zero attached hydrogens (tertiary/aromatic N) is 1. The lowest BCUT2D eigenvalue weighted by Gasteiger charge is -2.37. The first-order valence-electron chi connectivity index (χ1n) is 9.89. The van der Waals surface area contributed by atoms with Gasteiger partial charge in [-0.05, 0) is 56.7 Å². The van der Waals surface area contributed by atoms with Gasteiger partial charge in [-0.1, -0.05) is 19.3 Å². The van der Waals surface area contributed by atoms with Crippen LogP contribution in [-0.4, -0.2) is 29.6 Å². The van der Waals surface area contributed by atoms with Crippen LogP contribution in [0.4, 0.5) is 0 Å². The van der Waals surface area contributed by atoms with Gasteiger partial charge >= 0.3 is 0 Å². The van der Waals surface area contributed by atoms with Crippen LogP contribution in [0.3, 0.4) is 0 Å². The SMILES string of the molecule is C[C@H](NC(=O)c1ccc2n(c1=O)C[C@@H]1CNC[C@H]2C1)C1CCCCC1.Cl. The smallest absolute Gasteiger partial charge is 0.263 e. The second-order valence-electron chi connectivity index (χ2n) is 8.20. The first kappa shape index (κ1) is 19.4. The van der Waals surface area contributed by atoms with E-state index in [1.54, 1.807) is 6.07 Å². The number of hydrogen-bond acceptors (Lipinski definition) is 3. The molecule has 1 aromatic heterocycles. The highest BCUT2D eigenvalue weighted by molar-refractivity contribution is 5.94.